The predicted molar refractivity (Wildman–Crippen MR) is 122 cm³/mol. The Bertz CT molecular complexity index is 1100. The van der Waals surface area contributed by atoms with Crippen LogP contribution in [0.5, 0.6) is 0 Å². The summed E-state index contributed by atoms with van der Waals surface area (Å²) in [6, 6.07) is 16.5. The number of amides is 2. The highest BCUT2D eigenvalue weighted by Gasteiger charge is 2.36. The molecule has 2 aromatic heterocycles. The van der Waals surface area contributed by atoms with Crippen LogP contribution in [0.25, 0.3) is 0 Å². The summed E-state index contributed by atoms with van der Waals surface area (Å²) < 4.78 is 11.1. The minimum Gasteiger partial charge on any atom is -0.467 e. The van der Waals surface area contributed by atoms with Crippen molar-refractivity contribution >= 4 is 23.2 Å². The molecule has 1 saturated heterocycles. The standard InChI is InChI=1S/C25H26N4O4/c30-24(17-28-12-10-18(11-13-28)25(31)26-19-6-2-1-3-7-19)29-21(23-9-5-15-33-23)16-20(27-29)22-8-4-14-32-22/h1-9,14-15,18,21H,10-13,16-17H2,(H,26,31). The van der Waals surface area contributed by atoms with Crippen molar-refractivity contribution in [3.05, 3.63) is 78.6 Å². The van der Waals surface area contributed by atoms with Crippen molar-refractivity contribution in [3.8, 4) is 0 Å². The van der Waals surface area contributed by atoms with Crippen LogP contribution in [-0.4, -0.2) is 47.1 Å². The SMILES string of the molecule is O=C(Nc1ccccc1)C1CCN(CC(=O)N2N=C(c3ccco3)CC2c2ccco2)CC1. The van der Waals surface area contributed by atoms with Crippen molar-refractivity contribution in [1.82, 2.24) is 9.91 Å². The first-order valence-electron chi connectivity index (χ1n) is 11.2. The van der Waals surface area contributed by atoms with Gasteiger partial charge in [-0.3, -0.25) is 14.5 Å². The molecule has 170 valence electrons. The maximum Gasteiger partial charge on any atom is 0.257 e. The lowest BCUT2D eigenvalue weighted by Crippen LogP contribution is -2.43. The molecule has 1 N–H and O–H groups in total. The molecule has 3 aromatic rings. The van der Waals surface area contributed by atoms with Gasteiger partial charge in [-0.05, 0) is 62.3 Å². The maximum atomic E-state index is 13.2. The van der Waals surface area contributed by atoms with Gasteiger partial charge in [0.1, 0.15) is 23.3 Å². The van der Waals surface area contributed by atoms with Crippen molar-refractivity contribution in [2.24, 2.45) is 11.0 Å². The minimum atomic E-state index is -0.290. The van der Waals surface area contributed by atoms with Gasteiger partial charge in [-0.15, -0.1) is 0 Å². The Morgan fingerprint density at radius 1 is 0.970 bits per heavy atom. The molecule has 1 atom stereocenters. The maximum absolute atomic E-state index is 13.2. The largest absolute Gasteiger partial charge is 0.467 e. The molecule has 1 unspecified atom stereocenters. The van der Waals surface area contributed by atoms with Crippen molar-refractivity contribution in [2.45, 2.75) is 25.3 Å². The number of rotatable bonds is 6. The first-order chi connectivity index (χ1) is 16.2. The lowest BCUT2D eigenvalue weighted by atomic mass is 9.95. The molecule has 0 aliphatic carbocycles. The number of para-hydroxylation sites is 1. The summed E-state index contributed by atoms with van der Waals surface area (Å²) in [5, 5.41) is 9.08. The number of benzene rings is 1. The second kappa shape index (κ2) is 9.46. The van der Waals surface area contributed by atoms with Crippen LogP contribution in [0.3, 0.4) is 0 Å². The van der Waals surface area contributed by atoms with E-state index in [2.05, 4.69) is 15.3 Å². The summed E-state index contributed by atoms with van der Waals surface area (Å²) in [7, 11) is 0. The molecule has 33 heavy (non-hydrogen) atoms. The molecule has 5 rings (SSSR count). The summed E-state index contributed by atoms with van der Waals surface area (Å²) in [5.41, 5.74) is 1.54. The van der Waals surface area contributed by atoms with E-state index in [0.29, 0.717) is 43.9 Å². The van der Waals surface area contributed by atoms with Crippen molar-refractivity contribution < 1.29 is 18.4 Å². The Morgan fingerprint density at radius 2 is 1.73 bits per heavy atom. The number of nitrogens with one attached hydrogen (secondary N) is 1. The van der Waals surface area contributed by atoms with Crippen molar-refractivity contribution in [1.29, 1.82) is 0 Å². The zero-order chi connectivity index (χ0) is 22.6. The van der Waals surface area contributed by atoms with Gasteiger partial charge in [0.15, 0.2) is 0 Å². The second-order valence-electron chi connectivity index (χ2n) is 8.40. The first kappa shape index (κ1) is 21.2. The number of hydrogen-bond acceptors (Lipinski definition) is 6. The van der Waals surface area contributed by atoms with Gasteiger partial charge < -0.3 is 14.2 Å². The highest BCUT2D eigenvalue weighted by atomic mass is 16.3. The fourth-order valence-electron chi connectivity index (χ4n) is 4.42. The third kappa shape index (κ3) is 4.75. The Hall–Kier alpha value is -3.65. The Balaban J connectivity index is 1.19. The highest BCUT2D eigenvalue weighted by molar-refractivity contribution is 6.01. The van der Waals surface area contributed by atoms with E-state index in [4.69, 9.17) is 8.83 Å². The smallest absolute Gasteiger partial charge is 0.257 e. The topological polar surface area (TPSA) is 91.3 Å². The van der Waals surface area contributed by atoms with Gasteiger partial charge in [-0.1, -0.05) is 18.2 Å². The number of anilines is 1. The van der Waals surface area contributed by atoms with Crippen LogP contribution in [0.15, 0.2) is 81.1 Å². The van der Waals surface area contributed by atoms with Crippen LogP contribution < -0.4 is 5.32 Å². The van der Waals surface area contributed by atoms with Crippen LogP contribution in [0.2, 0.25) is 0 Å². The molecule has 1 fully saturated rings. The monoisotopic (exact) mass is 446 g/mol. The van der Waals surface area contributed by atoms with E-state index < -0.39 is 0 Å². The van der Waals surface area contributed by atoms with Crippen LogP contribution in [-0.2, 0) is 9.59 Å². The van der Waals surface area contributed by atoms with Crippen LogP contribution in [0, 0.1) is 5.92 Å². The fraction of sp³-hybridized carbons (Fsp3) is 0.320. The molecule has 2 aliphatic heterocycles. The summed E-state index contributed by atoms with van der Waals surface area (Å²) in [5.74, 6) is 1.25. The molecule has 4 heterocycles. The number of furan rings is 2. The van der Waals surface area contributed by atoms with E-state index in [-0.39, 0.29) is 30.3 Å². The van der Waals surface area contributed by atoms with Gasteiger partial charge >= 0.3 is 0 Å². The average molecular weight is 447 g/mol. The van der Waals surface area contributed by atoms with E-state index in [1.165, 1.54) is 5.01 Å². The molecular weight excluding hydrogens is 420 g/mol. The van der Waals surface area contributed by atoms with Crippen molar-refractivity contribution in [2.75, 3.05) is 25.0 Å². The molecule has 2 aliphatic rings. The number of piperidine rings is 1. The summed E-state index contributed by atoms with van der Waals surface area (Å²) >= 11 is 0. The van der Waals surface area contributed by atoms with Gasteiger partial charge in [0, 0.05) is 18.0 Å². The van der Waals surface area contributed by atoms with Crippen LogP contribution >= 0.6 is 0 Å². The molecule has 8 nitrogen and oxygen atoms in total. The third-order valence-electron chi connectivity index (χ3n) is 6.20. The number of carbonyl (C=O) groups excluding carboxylic acids is 2. The number of nitrogens with zero attached hydrogens (tertiary/aromatic N) is 3. The minimum absolute atomic E-state index is 0.0392. The van der Waals surface area contributed by atoms with E-state index in [0.717, 1.165) is 11.4 Å². The molecule has 2 amide bonds. The lowest BCUT2D eigenvalue weighted by Gasteiger charge is -2.32. The van der Waals surface area contributed by atoms with Gasteiger partial charge in [0.25, 0.3) is 5.91 Å². The second-order valence-corrected chi connectivity index (χ2v) is 8.40. The molecule has 0 radical (unpaired) electrons. The normalized spacial score (nSPS) is 19.5. The van der Waals surface area contributed by atoms with Gasteiger partial charge in [-0.25, -0.2) is 5.01 Å². The van der Waals surface area contributed by atoms with Gasteiger partial charge in [0.05, 0.1) is 19.1 Å². The average Bonchev–Trinajstić information content (AvgIpc) is 3.61. The quantitative estimate of drug-likeness (QED) is 0.620. The zero-order valence-electron chi connectivity index (χ0n) is 18.2. The van der Waals surface area contributed by atoms with E-state index in [1.807, 2.05) is 54.6 Å². The Morgan fingerprint density at radius 3 is 2.42 bits per heavy atom. The number of hydrogen-bond donors (Lipinski definition) is 1. The molecule has 0 spiro atoms. The van der Waals surface area contributed by atoms with Crippen LogP contribution in [0.4, 0.5) is 5.69 Å². The highest BCUT2D eigenvalue weighted by Crippen LogP contribution is 2.33. The van der Waals surface area contributed by atoms with E-state index in [9.17, 15) is 9.59 Å². The molecular formula is C25H26N4O4. The van der Waals surface area contributed by atoms with Gasteiger partial charge in [-0.2, -0.15) is 5.10 Å². The third-order valence-corrected chi connectivity index (χ3v) is 6.20. The summed E-state index contributed by atoms with van der Waals surface area (Å²) in [6.07, 6.45) is 5.17. The summed E-state index contributed by atoms with van der Waals surface area (Å²) in [4.78, 5) is 27.9. The zero-order valence-corrected chi connectivity index (χ0v) is 18.2. The van der Waals surface area contributed by atoms with Crippen molar-refractivity contribution in [3.63, 3.8) is 0 Å². The fourth-order valence-corrected chi connectivity index (χ4v) is 4.42. The molecule has 8 heteroatoms. The number of hydrazone groups is 1. The molecule has 0 bridgehead atoms. The first-order valence-corrected chi connectivity index (χ1v) is 11.2. The molecule has 1 aromatic carbocycles. The van der Waals surface area contributed by atoms with Gasteiger partial charge in [0.2, 0.25) is 5.91 Å². The van der Waals surface area contributed by atoms with E-state index in [1.54, 1.807) is 12.5 Å². The van der Waals surface area contributed by atoms with Crippen LogP contribution in [0.1, 0.15) is 36.8 Å². The Labute approximate surface area is 191 Å². The molecule has 0 saturated carbocycles. The number of likely N-dealkylation sites (tertiary alicyclic amines) is 1. The van der Waals surface area contributed by atoms with E-state index >= 15 is 0 Å². The summed E-state index contributed by atoms with van der Waals surface area (Å²) in [6.45, 7) is 1.62. The lowest BCUT2D eigenvalue weighted by molar-refractivity contribution is -0.135. The Kier molecular flexibility index (Phi) is 6.08. The predicted octanol–water partition coefficient (Wildman–Crippen LogP) is 3.90. The number of carbonyl (C=O) groups is 2.